The molecule has 1 aliphatic rings. The zero-order valence-electron chi connectivity index (χ0n) is 16.8. The minimum Gasteiger partial charge on any atom is -0.352 e. The minimum atomic E-state index is -0.0374. The normalized spacial score (nSPS) is 15.2. The van der Waals surface area contributed by atoms with E-state index in [-0.39, 0.29) is 5.91 Å². The molecule has 2 aromatic heterocycles. The maximum atomic E-state index is 13.0. The molecule has 1 saturated heterocycles. The molecule has 1 fully saturated rings. The number of nitrogens with one attached hydrogen (secondary N) is 1. The largest absolute Gasteiger partial charge is 0.352 e. The Hall–Kier alpha value is -2.79. The monoisotopic (exact) mass is 388 g/mol. The highest BCUT2D eigenvalue weighted by molar-refractivity contribution is 6.07. The fourth-order valence-corrected chi connectivity index (χ4v) is 3.99. The second kappa shape index (κ2) is 9.61. The lowest BCUT2D eigenvalue weighted by atomic mass is 10.0. The number of fused-ring (bicyclic) bond motifs is 1. The maximum Gasteiger partial charge on any atom is 0.252 e. The Morgan fingerprint density at radius 3 is 2.66 bits per heavy atom. The van der Waals surface area contributed by atoms with Gasteiger partial charge in [0.15, 0.2) is 0 Å². The standard InChI is InChI=1S/C24H28N4O/c29-24(26-13-8-16-28-14-5-1-2-6-15-28)21-17-23(19-9-7-12-25-18-19)27-22-11-4-3-10-20(21)22/h3-4,7,9-12,17-18H,1-2,5-6,8,13-16H2,(H,26,29). The first-order valence-corrected chi connectivity index (χ1v) is 10.6. The number of carbonyl (C=O) groups excluding carboxylic acids is 1. The molecular weight excluding hydrogens is 360 g/mol. The first-order valence-electron chi connectivity index (χ1n) is 10.6. The Labute approximate surface area is 172 Å². The van der Waals surface area contributed by atoms with Crippen molar-refractivity contribution >= 4 is 16.8 Å². The summed E-state index contributed by atoms with van der Waals surface area (Å²) >= 11 is 0. The third-order valence-corrected chi connectivity index (χ3v) is 5.55. The van der Waals surface area contributed by atoms with Crippen LogP contribution in [0.5, 0.6) is 0 Å². The second-order valence-electron chi connectivity index (χ2n) is 7.68. The van der Waals surface area contributed by atoms with Gasteiger partial charge in [0.1, 0.15) is 0 Å². The molecule has 0 atom stereocenters. The van der Waals surface area contributed by atoms with Gasteiger partial charge in [-0.25, -0.2) is 4.98 Å². The van der Waals surface area contributed by atoms with Gasteiger partial charge in [-0.1, -0.05) is 31.0 Å². The molecule has 3 heterocycles. The summed E-state index contributed by atoms with van der Waals surface area (Å²) in [5.41, 5.74) is 3.17. The molecule has 4 rings (SSSR count). The second-order valence-corrected chi connectivity index (χ2v) is 7.68. The lowest BCUT2D eigenvalue weighted by molar-refractivity contribution is 0.0953. The van der Waals surface area contributed by atoms with Gasteiger partial charge < -0.3 is 10.2 Å². The summed E-state index contributed by atoms with van der Waals surface area (Å²) in [5.74, 6) is -0.0374. The molecule has 0 spiro atoms. The first-order chi connectivity index (χ1) is 14.3. The molecule has 150 valence electrons. The van der Waals surface area contributed by atoms with Crippen molar-refractivity contribution in [3.8, 4) is 11.3 Å². The van der Waals surface area contributed by atoms with Gasteiger partial charge in [-0.05, 0) is 63.2 Å². The van der Waals surface area contributed by atoms with Crippen LogP contribution >= 0.6 is 0 Å². The quantitative estimate of drug-likeness (QED) is 0.640. The van der Waals surface area contributed by atoms with Crippen LogP contribution in [-0.4, -0.2) is 47.0 Å². The molecule has 1 amide bonds. The highest BCUT2D eigenvalue weighted by Crippen LogP contribution is 2.24. The van der Waals surface area contributed by atoms with E-state index in [2.05, 4.69) is 15.2 Å². The number of hydrogen-bond acceptors (Lipinski definition) is 4. The highest BCUT2D eigenvalue weighted by atomic mass is 16.1. The van der Waals surface area contributed by atoms with Crippen LogP contribution in [0.25, 0.3) is 22.2 Å². The van der Waals surface area contributed by atoms with E-state index in [0.29, 0.717) is 12.1 Å². The van der Waals surface area contributed by atoms with Gasteiger partial charge in [-0.3, -0.25) is 9.78 Å². The van der Waals surface area contributed by atoms with Crippen LogP contribution in [0.2, 0.25) is 0 Å². The number of hydrogen-bond donors (Lipinski definition) is 1. The van der Waals surface area contributed by atoms with E-state index in [9.17, 15) is 4.79 Å². The number of carbonyl (C=O) groups is 1. The molecule has 0 unspecified atom stereocenters. The lowest BCUT2D eigenvalue weighted by Gasteiger charge is -2.19. The Morgan fingerprint density at radius 1 is 1.03 bits per heavy atom. The molecule has 1 N–H and O–H groups in total. The zero-order chi connectivity index (χ0) is 19.9. The van der Waals surface area contributed by atoms with Crippen LogP contribution in [0.4, 0.5) is 0 Å². The molecule has 1 aromatic carbocycles. The predicted octanol–water partition coefficient (Wildman–Crippen LogP) is 4.29. The van der Waals surface area contributed by atoms with Crippen molar-refractivity contribution < 1.29 is 4.79 Å². The average Bonchev–Trinajstić information content (AvgIpc) is 3.05. The van der Waals surface area contributed by atoms with E-state index in [1.54, 1.807) is 12.4 Å². The smallest absolute Gasteiger partial charge is 0.252 e. The van der Waals surface area contributed by atoms with E-state index in [4.69, 9.17) is 4.98 Å². The number of benzene rings is 1. The maximum absolute atomic E-state index is 13.0. The van der Waals surface area contributed by atoms with Crippen molar-refractivity contribution in [1.82, 2.24) is 20.2 Å². The van der Waals surface area contributed by atoms with Crippen LogP contribution < -0.4 is 5.32 Å². The highest BCUT2D eigenvalue weighted by Gasteiger charge is 2.14. The summed E-state index contributed by atoms with van der Waals surface area (Å²) < 4.78 is 0. The zero-order valence-corrected chi connectivity index (χ0v) is 16.8. The third-order valence-electron chi connectivity index (χ3n) is 5.55. The Balaban J connectivity index is 1.46. The number of amides is 1. The van der Waals surface area contributed by atoms with Crippen molar-refractivity contribution in [3.05, 3.63) is 60.4 Å². The summed E-state index contributed by atoms with van der Waals surface area (Å²) in [6, 6.07) is 13.5. The number of aromatic nitrogens is 2. The number of pyridine rings is 2. The SMILES string of the molecule is O=C(NCCCN1CCCCCC1)c1cc(-c2cccnc2)nc2ccccc12. The number of likely N-dealkylation sites (tertiary alicyclic amines) is 1. The molecule has 5 heteroatoms. The molecule has 0 radical (unpaired) electrons. The predicted molar refractivity (Wildman–Crippen MR) is 117 cm³/mol. The van der Waals surface area contributed by atoms with E-state index in [0.717, 1.165) is 35.1 Å². The summed E-state index contributed by atoms with van der Waals surface area (Å²) in [7, 11) is 0. The Bertz CT molecular complexity index is 950. The van der Waals surface area contributed by atoms with E-state index in [1.165, 1.54) is 38.8 Å². The fraction of sp³-hybridized carbons (Fsp3) is 0.375. The Morgan fingerprint density at radius 2 is 1.86 bits per heavy atom. The van der Waals surface area contributed by atoms with E-state index in [1.807, 2.05) is 42.5 Å². The molecule has 29 heavy (non-hydrogen) atoms. The van der Waals surface area contributed by atoms with E-state index < -0.39 is 0 Å². The van der Waals surface area contributed by atoms with Crippen LogP contribution in [0.15, 0.2) is 54.9 Å². The summed E-state index contributed by atoms with van der Waals surface area (Å²) in [6.07, 6.45) is 9.79. The van der Waals surface area contributed by atoms with Crippen molar-refractivity contribution in [1.29, 1.82) is 0 Å². The summed E-state index contributed by atoms with van der Waals surface area (Å²) in [5, 5.41) is 4.00. The molecule has 3 aromatic rings. The van der Waals surface area contributed by atoms with Crippen molar-refractivity contribution in [2.45, 2.75) is 32.1 Å². The number of para-hydroxylation sites is 1. The number of nitrogens with zero attached hydrogens (tertiary/aromatic N) is 3. The van der Waals surface area contributed by atoms with Crippen LogP contribution in [0.1, 0.15) is 42.5 Å². The Kier molecular flexibility index (Phi) is 6.47. The van der Waals surface area contributed by atoms with Crippen LogP contribution in [0, 0.1) is 0 Å². The van der Waals surface area contributed by atoms with Gasteiger partial charge in [-0.15, -0.1) is 0 Å². The van der Waals surface area contributed by atoms with Gasteiger partial charge >= 0.3 is 0 Å². The average molecular weight is 389 g/mol. The van der Waals surface area contributed by atoms with Gasteiger partial charge in [0, 0.05) is 29.9 Å². The van der Waals surface area contributed by atoms with Gasteiger partial charge in [0.05, 0.1) is 16.8 Å². The van der Waals surface area contributed by atoms with Crippen molar-refractivity contribution in [2.24, 2.45) is 0 Å². The topological polar surface area (TPSA) is 58.1 Å². The molecule has 5 nitrogen and oxygen atoms in total. The number of rotatable bonds is 6. The summed E-state index contributed by atoms with van der Waals surface area (Å²) in [6.45, 7) is 4.13. The van der Waals surface area contributed by atoms with Gasteiger partial charge in [-0.2, -0.15) is 0 Å². The van der Waals surface area contributed by atoms with Crippen molar-refractivity contribution in [2.75, 3.05) is 26.2 Å². The van der Waals surface area contributed by atoms with E-state index >= 15 is 0 Å². The molecule has 1 aliphatic heterocycles. The molecular formula is C24H28N4O. The van der Waals surface area contributed by atoms with Crippen LogP contribution in [0.3, 0.4) is 0 Å². The van der Waals surface area contributed by atoms with Crippen LogP contribution in [-0.2, 0) is 0 Å². The third kappa shape index (κ3) is 4.98. The fourth-order valence-electron chi connectivity index (χ4n) is 3.99. The van der Waals surface area contributed by atoms with Gasteiger partial charge in [0.2, 0.25) is 0 Å². The molecule has 0 bridgehead atoms. The van der Waals surface area contributed by atoms with Crippen molar-refractivity contribution in [3.63, 3.8) is 0 Å². The first kappa shape index (κ1) is 19.5. The lowest BCUT2D eigenvalue weighted by Crippen LogP contribution is -2.30. The van der Waals surface area contributed by atoms with Gasteiger partial charge in [0.25, 0.3) is 5.91 Å². The molecule has 0 saturated carbocycles. The summed E-state index contributed by atoms with van der Waals surface area (Å²) in [4.78, 5) is 24.4. The molecule has 0 aliphatic carbocycles. The minimum absolute atomic E-state index is 0.0374.